The molecule has 5 nitrogen and oxygen atoms in total. The highest BCUT2D eigenvalue weighted by molar-refractivity contribution is 7.80. The highest BCUT2D eigenvalue weighted by atomic mass is 32.1. The molecular weight excluding hydrogens is 248 g/mol. The molecule has 2 aromatic rings. The van der Waals surface area contributed by atoms with E-state index in [0.29, 0.717) is 17.9 Å². The van der Waals surface area contributed by atoms with Crippen molar-refractivity contribution in [1.29, 1.82) is 0 Å². The Morgan fingerprint density at radius 2 is 2.22 bits per heavy atom. The molecule has 6 heteroatoms. The fourth-order valence-corrected chi connectivity index (χ4v) is 1.68. The molecule has 0 saturated carbocycles. The summed E-state index contributed by atoms with van der Waals surface area (Å²) in [6.45, 7) is 0.541. The average molecular weight is 262 g/mol. The highest BCUT2D eigenvalue weighted by Gasteiger charge is 2.08. The van der Waals surface area contributed by atoms with E-state index in [2.05, 4.69) is 28.0 Å². The molecule has 2 aromatic heterocycles. The van der Waals surface area contributed by atoms with Crippen LogP contribution in [0.15, 0.2) is 30.9 Å². The van der Waals surface area contributed by atoms with E-state index in [4.69, 9.17) is 0 Å². The lowest BCUT2D eigenvalue weighted by Gasteiger charge is -2.04. The molecule has 1 amide bonds. The first-order valence-electron chi connectivity index (χ1n) is 5.54. The van der Waals surface area contributed by atoms with E-state index in [0.717, 1.165) is 11.1 Å². The molecule has 1 N–H and O–H groups in total. The first kappa shape index (κ1) is 12.6. The Kier molecular flexibility index (Phi) is 3.99. The normalized spacial score (nSPS) is 10.3. The van der Waals surface area contributed by atoms with E-state index in [1.807, 2.05) is 13.2 Å². The molecule has 2 heterocycles. The van der Waals surface area contributed by atoms with Crippen LogP contribution in [0.2, 0.25) is 0 Å². The zero-order valence-electron chi connectivity index (χ0n) is 10.00. The van der Waals surface area contributed by atoms with Crippen LogP contribution in [0.5, 0.6) is 0 Å². The van der Waals surface area contributed by atoms with Gasteiger partial charge in [0.1, 0.15) is 0 Å². The maximum absolute atomic E-state index is 11.8. The summed E-state index contributed by atoms with van der Waals surface area (Å²) in [7, 11) is 1.85. The molecule has 0 fully saturated rings. The van der Waals surface area contributed by atoms with Crippen molar-refractivity contribution < 1.29 is 4.79 Å². The van der Waals surface area contributed by atoms with E-state index in [-0.39, 0.29) is 5.91 Å². The molecule has 0 aliphatic heterocycles. The van der Waals surface area contributed by atoms with Gasteiger partial charge < -0.3 is 5.32 Å². The number of nitrogens with zero attached hydrogens (tertiary/aromatic N) is 3. The zero-order valence-corrected chi connectivity index (χ0v) is 10.9. The molecular formula is C12H14N4OS. The van der Waals surface area contributed by atoms with Crippen LogP contribution in [-0.4, -0.2) is 33.0 Å². The second-order valence-corrected chi connectivity index (χ2v) is 4.29. The number of aryl methyl sites for hydroxylation is 1. The predicted molar refractivity (Wildman–Crippen MR) is 72.6 cm³/mol. The fraction of sp³-hybridized carbons (Fsp3) is 0.250. The number of carbonyl (C=O) groups is 1. The third-order valence-electron chi connectivity index (χ3n) is 2.44. The molecule has 0 unspecified atom stereocenters. The summed E-state index contributed by atoms with van der Waals surface area (Å²) in [4.78, 5) is 15.9. The smallest absolute Gasteiger partial charge is 0.252 e. The monoisotopic (exact) mass is 262 g/mol. The van der Waals surface area contributed by atoms with Gasteiger partial charge in [0, 0.05) is 49.1 Å². The summed E-state index contributed by atoms with van der Waals surface area (Å²) < 4.78 is 1.71. The van der Waals surface area contributed by atoms with Crippen molar-refractivity contribution >= 4 is 18.5 Å². The summed E-state index contributed by atoms with van der Waals surface area (Å²) in [5.41, 5.74) is 2.36. The summed E-state index contributed by atoms with van der Waals surface area (Å²) in [6.07, 6.45) is 6.89. The van der Waals surface area contributed by atoms with Gasteiger partial charge in [0.05, 0.1) is 11.8 Å². The Morgan fingerprint density at radius 3 is 2.89 bits per heavy atom. The van der Waals surface area contributed by atoms with Crippen LogP contribution in [-0.2, 0) is 7.05 Å². The lowest BCUT2D eigenvalue weighted by atomic mass is 10.1. The van der Waals surface area contributed by atoms with Crippen molar-refractivity contribution in [2.45, 2.75) is 0 Å². The van der Waals surface area contributed by atoms with E-state index in [9.17, 15) is 4.79 Å². The van der Waals surface area contributed by atoms with Gasteiger partial charge in [-0.3, -0.25) is 14.5 Å². The summed E-state index contributed by atoms with van der Waals surface area (Å²) in [5, 5.41) is 6.85. The number of hydrogen-bond donors (Lipinski definition) is 2. The second kappa shape index (κ2) is 5.68. The number of hydrogen-bond acceptors (Lipinski definition) is 4. The van der Waals surface area contributed by atoms with E-state index >= 15 is 0 Å². The minimum Gasteiger partial charge on any atom is -0.351 e. The number of nitrogens with one attached hydrogen (secondary N) is 1. The van der Waals surface area contributed by atoms with E-state index in [1.54, 1.807) is 29.3 Å². The maximum atomic E-state index is 11.8. The molecule has 0 bridgehead atoms. The summed E-state index contributed by atoms with van der Waals surface area (Å²) >= 11 is 4.05. The van der Waals surface area contributed by atoms with Crippen LogP contribution in [0.3, 0.4) is 0 Å². The molecule has 0 radical (unpaired) electrons. The molecule has 0 aliphatic rings. The number of pyridine rings is 1. The molecule has 0 spiro atoms. The molecule has 0 aliphatic carbocycles. The largest absolute Gasteiger partial charge is 0.351 e. The molecule has 2 rings (SSSR count). The molecule has 0 atom stereocenters. The first-order chi connectivity index (χ1) is 8.70. The van der Waals surface area contributed by atoms with Gasteiger partial charge >= 0.3 is 0 Å². The van der Waals surface area contributed by atoms with Gasteiger partial charge in [-0.15, -0.1) is 0 Å². The van der Waals surface area contributed by atoms with Crippen molar-refractivity contribution in [3.8, 4) is 11.1 Å². The van der Waals surface area contributed by atoms with Crippen LogP contribution < -0.4 is 5.32 Å². The molecule has 0 saturated heterocycles. The quantitative estimate of drug-likeness (QED) is 0.812. The number of amides is 1. The van der Waals surface area contributed by atoms with Gasteiger partial charge in [-0.1, -0.05) is 0 Å². The van der Waals surface area contributed by atoms with Crippen LogP contribution in [0, 0.1) is 0 Å². The third kappa shape index (κ3) is 2.89. The lowest BCUT2D eigenvalue weighted by Crippen LogP contribution is -2.25. The zero-order chi connectivity index (χ0) is 13.0. The minimum absolute atomic E-state index is 0.137. The lowest BCUT2D eigenvalue weighted by molar-refractivity contribution is 0.0956. The van der Waals surface area contributed by atoms with Gasteiger partial charge in [0.15, 0.2) is 0 Å². The third-order valence-corrected chi connectivity index (χ3v) is 2.66. The SMILES string of the molecule is Cn1cc(-c2cncc(C(=O)NCCS)c2)cn1. The maximum Gasteiger partial charge on any atom is 0.252 e. The van der Waals surface area contributed by atoms with Crippen LogP contribution in [0.25, 0.3) is 11.1 Å². The van der Waals surface area contributed by atoms with Crippen molar-refractivity contribution in [2.75, 3.05) is 12.3 Å². The number of rotatable bonds is 4. The van der Waals surface area contributed by atoms with Crippen molar-refractivity contribution in [2.24, 2.45) is 7.05 Å². The van der Waals surface area contributed by atoms with E-state index in [1.165, 1.54) is 0 Å². The Balaban J connectivity index is 2.22. The minimum atomic E-state index is -0.137. The Hall–Kier alpha value is -1.82. The molecule has 18 heavy (non-hydrogen) atoms. The Morgan fingerprint density at radius 1 is 1.39 bits per heavy atom. The average Bonchev–Trinajstić information content (AvgIpc) is 2.83. The molecule has 94 valence electrons. The van der Waals surface area contributed by atoms with Gasteiger partial charge in [-0.05, 0) is 6.07 Å². The van der Waals surface area contributed by atoms with Gasteiger partial charge in [-0.25, -0.2) is 0 Å². The Bertz CT molecular complexity index is 553. The Labute approximate surface area is 111 Å². The van der Waals surface area contributed by atoms with Crippen LogP contribution in [0.1, 0.15) is 10.4 Å². The number of aromatic nitrogens is 3. The van der Waals surface area contributed by atoms with Gasteiger partial charge in [0.25, 0.3) is 5.91 Å². The number of thiol groups is 1. The van der Waals surface area contributed by atoms with Crippen LogP contribution in [0.4, 0.5) is 0 Å². The van der Waals surface area contributed by atoms with Crippen molar-refractivity contribution in [1.82, 2.24) is 20.1 Å². The summed E-state index contributed by atoms with van der Waals surface area (Å²) in [5.74, 6) is 0.476. The van der Waals surface area contributed by atoms with Crippen molar-refractivity contribution in [3.63, 3.8) is 0 Å². The standard InChI is InChI=1S/C12H14N4OS/c1-16-8-11(7-15-16)9-4-10(6-13-5-9)12(17)14-2-3-18/h4-8,18H,2-3H2,1H3,(H,14,17). The van der Waals surface area contributed by atoms with Crippen LogP contribution >= 0.6 is 12.6 Å². The number of carbonyl (C=O) groups excluding carboxylic acids is 1. The van der Waals surface area contributed by atoms with Gasteiger partial charge in [-0.2, -0.15) is 17.7 Å². The molecule has 0 aromatic carbocycles. The first-order valence-corrected chi connectivity index (χ1v) is 6.17. The van der Waals surface area contributed by atoms with E-state index < -0.39 is 0 Å². The van der Waals surface area contributed by atoms with Crippen molar-refractivity contribution in [3.05, 3.63) is 36.4 Å². The highest BCUT2D eigenvalue weighted by Crippen LogP contribution is 2.18. The topological polar surface area (TPSA) is 59.8 Å². The summed E-state index contributed by atoms with van der Waals surface area (Å²) in [6, 6.07) is 1.80. The second-order valence-electron chi connectivity index (χ2n) is 3.84. The predicted octanol–water partition coefficient (Wildman–Crippen LogP) is 1.14. The fourth-order valence-electron chi connectivity index (χ4n) is 1.56. The van der Waals surface area contributed by atoms with Gasteiger partial charge in [0.2, 0.25) is 0 Å².